The molecule has 3 rings (SSSR count). The van der Waals surface area contributed by atoms with Gasteiger partial charge in [-0.1, -0.05) is 6.07 Å². The van der Waals surface area contributed by atoms with Crippen LogP contribution in [0.5, 0.6) is 0 Å². The number of nitriles is 1. The SMILES string of the molecule is CN(c1cccc(C#N)c1)C1CCN(c2nccn(C)c2=O)C1. The molecule has 0 aliphatic carbocycles. The van der Waals surface area contributed by atoms with Crippen molar-refractivity contribution in [2.24, 2.45) is 7.05 Å². The first-order chi connectivity index (χ1) is 11.1. The molecule has 1 fully saturated rings. The van der Waals surface area contributed by atoms with Crippen molar-refractivity contribution in [1.29, 1.82) is 5.26 Å². The Balaban J connectivity index is 1.78. The highest BCUT2D eigenvalue weighted by atomic mass is 16.1. The third-order valence-electron chi connectivity index (χ3n) is 4.39. The highest BCUT2D eigenvalue weighted by Gasteiger charge is 2.28. The summed E-state index contributed by atoms with van der Waals surface area (Å²) in [5.74, 6) is 0.511. The second-order valence-corrected chi connectivity index (χ2v) is 5.83. The van der Waals surface area contributed by atoms with Crippen LogP contribution in [-0.4, -0.2) is 35.7 Å². The molecule has 0 radical (unpaired) electrons. The minimum absolute atomic E-state index is 0.0673. The Kier molecular flexibility index (Phi) is 4.02. The number of aryl methyl sites for hydroxylation is 1. The summed E-state index contributed by atoms with van der Waals surface area (Å²) in [4.78, 5) is 20.7. The molecule has 0 amide bonds. The van der Waals surface area contributed by atoms with Gasteiger partial charge in [0, 0.05) is 51.3 Å². The van der Waals surface area contributed by atoms with E-state index in [0.717, 1.165) is 25.2 Å². The second-order valence-electron chi connectivity index (χ2n) is 5.83. The number of aromatic nitrogens is 2. The smallest absolute Gasteiger partial charge is 0.293 e. The first-order valence-electron chi connectivity index (χ1n) is 7.59. The van der Waals surface area contributed by atoms with Crippen LogP contribution >= 0.6 is 0 Å². The number of hydrogen-bond acceptors (Lipinski definition) is 5. The third-order valence-corrected chi connectivity index (χ3v) is 4.39. The van der Waals surface area contributed by atoms with Gasteiger partial charge < -0.3 is 14.4 Å². The van der Waals surface area contributed by atoms with Crippen molar-refractivity contribution >= 4 is 11.5 Å². The van der Waals surface area contributed by atoms with E-state index in [1.54, 1.807) is 30.1 Å². The molecule has 0 spiro atoms. The molecule has 23 heavy (non-hydrogen) atoms. The summed E-state index contributed by atoms with van der Waals surface area (Å²) in [7, 11) is 3.77. The van der Waals surface area contributed by atoms with Crippen LogP contribution in [0.2, 0.25) is 0 Å². The van der Waals surface area contributed by atoms with Crippen LogP contribution in [0.4, 0.5) is 11.5 Å². The molecular weight excluding hydrogens is 290 g/mol. The highest BCUT2D eigenvalue weighted by Crippen LogP contribution is 2.23. The van der Waals surface area contributed by atoms with Crippen LogP contribution in [0.3, 0.4) is 0 Å². The molecule has 0 bridgehead atoms. The van der Waals surface area contributed by atoms with Crippen LogP contribution < -0.4 is 15.4 Å². The number of benzene rings is 1. The van der Waals surface area contributed by atoms with Crippen LogP contribution in [0.15, 0.2) is 41.5 Å². The van der Waals surface area contributed by atoms with Crippen LogP contribution in [-0.2, 0) is 7.05 Å². The van der Waals surface area contributed by atoms with Crippen molar-refractivity contribution < 1.29 is 0 Å². The molecule has 1 aliphatic rings. The van der Waals surface area contributed by atoms with E-state index < -0.39 is 0 Å². The first kappa shape index (κ1) is 15.1. The molecule has 2 aromatic rings. The summed E-state index contributed by atoms with van der Waals surface area (Å²) >= 11 is 0. The Labute approximate surface area is 135 Å². The Hall–Kier alpha value is -2.81. The molecule has 0 saturated carbocycles. The maximum absolute atomic E-state index is 12.2. The number of hydrogen-bond donors (Lipinski definition) is 0. The highest BCUT2D eigenvalue weighted by molar-refractivity contribution is 5.52. The number of likely N-dealkylation sites (N-methyl/N-ethyl adjacent to an activating group) is 1. The minimum Gasteiger partial charge on any atom is -0.370 e. The molecule has 118 valence electrons. The summed E-state index contributed by atoms with van der Waals surface area (Å²) in [5, 5.41) is 9.03. The van der Waals surface area contributed by atoms with Gasteiger partial charge in [-0.05, 0) is 24.6 Å². The van der Waals surface area contributed by atoms with Gasteiger partial charge in [0.15, 0.2) is 5.82 Å². The van der Waals surface area contributed by atoms with Crippen LogP contribution in [0.1, 0.15) is 12.0 Å². The van der Waals surface area contributed by atoms with E-state index >= 15 is 0 Å². The zero-order valence-corrected chi connectivity index (χ0v) is 13.3. The normalized spacial score (nSPS) is 17.1. The Bertz CT molecular complexity index is 807. The van der Waals surface area contributed by atoms with Gasteiger partial charge in [-0.3, -0.25) is 4.79 Å². The summed E-state index contributed by atoms with van der Waals surface area (Å²) in [6, 6.07) is 10.0. The summed E-state index contributed by atoms with van der Waals surface area (Å²) in [6.45, 7) is 1.55. The number of nitrogens with zero attached hydrogens (tertiary/aromatic N) is 5. The average molecular weight is 309 g/mol. The minimum atomic E-state index is -0.0673. The fourth-order valence-electron chi connectivity index (χ4n) is 2.96. The molecule has 1 saturated heterocycles. The molecule has 2 heterocycles. The van der Waals surface area contributed by atoms with Gasteiger partial charge in [0.1, 0.15) is 0 Å². The summed E-state index contributed by atoms with van der Waals surface area (Å²) < 4.78 is 1.55. The van der Waals surface area contributed by atoms with Gasteiger partial charge in [-0.15, -0.1) is 0 Å². The van der Waals surface area contributed by atoms with Gasteiger partial charge in [0.25, 0.3) is 5.56 Å². The van der Waals surface area contributed by atoms with Crippen molar-refractivity contribution in [3.05, 3.63) is 52.6 Å². The van der Waals surface area contributed by atoms with Gasteiger partial charge in [0.2, 0.25) is 0 Å². The Morgan fingerprint density at radius 1 is 1.43 bits per heavy atom. The summed E-state index contributed by atoms with van der Waals surface area (Å²) in [5.41, 5.74) is 1.61. The van der Waals surface area contributed by atoms with Crippen LogP contribution in [0, 0.1) is 11.3 Å². The molecule has 1 unspecified atom stereocenters. The zero-order chi connectivity index (χ0) is 16.4. The van der Waals surface area contributed by atoms with Crippen molar-refractivity contribution in [2.75, 3.05) is 29.9 Å². The molecule has 6 nitrogen and oxygen atoms in total. The van der Waals surface area contributed by atoms with Gasteiger partial charge in [-0.2, -0.15) is 5.26 Å². The van der Waals surface area contributed by atoms with Gasteiger partial charge in [0.05, 0.1) is 11.6 Å². The second kappa shape index (κ2) is 6.13. The lowest BCUT2D eigenvalue weighted by atomic mass is 10.1. The number of anilines is 2. The monoisotopic (exact) mass is 309 g/mol. The number of rotatable bonds is 3. The molecule has 6 heteroatoms. The molecule has 0 N–H and O–H groups in total. The summed E-state index contributed by atoms with van der Waals surface area (Å²) in [6.07, 6.45) is 4.27. The lowest BCUT2D eigenvalue weighted by Crippen LogP contribution is -2.36. The average Bonchev–Trinajstić information content (AvgIpc) is 3.06. The standard InChI is InChI=1S/C17H19N5O/c1-20-9-7-19-16(17(20)23)22-8-6-15(12-22)21(2)14-5-3-4-13(10-14)11-18/h3-5,7,9-10,15H,6,8,12H2,1-2H3. The molecule has 1 aromatic carbocycles. The van der Waals surface area contributed by atoms with E-state index in [1.165, 1.54) is 0 Å². The maximum Gasteiger partial charge on any atom is 0.293 e. The van der Waals surface area contributed by atoms with E-state index in [0.29, 0.717) is 11.4 Å². The Morgan fingerprint density at radius 2 is 2.26 bits per heavy atom. The molecular formula is C17H19N5O. The largest absolute Gasteiger partial charge is 0.370 e. The fourth-order valence-corrected chi connectivity index (χ4v) is 2.96. The third kappa shape index (κ3) is 2.90. The van der Waals surface area contributed by atoms with Crippen molar-refractivity contribution in [3.63, 3.8) is 0 Å². The van der Waals surface area contributed by atoms with Crippen molar-refractivity contribution in [3.8, 4) is 6.07 Å². The van der Waals surface area contributed by atoms with E-state index in [-0.39, 0.29) is 11.6 Å². The van der Waals surface area contributed by atoms with Gasteiger partial charge >= 0.3 is 0 Å². The predicted octanol–water partition coefficient (Wildman–Crippen LogP) is 1.37. The molecule has 1 aliphatic heterocycles. The Morgan fingerprint density at radius 3 is 3.04 bits per heavy atom. The fraction of sp³-hybridized carbons (Fsp3) is 0.353. The molecule has 1 atom stereocenters. The topological polar surface area (TPSA) is 65.2 Å². The zero-order valence-electron chi connectivity index (χ0n) is 13.3. The van der Waals surface area contributed by atoms with E-state index in [2.05, 4.69) is 16.0 Å². The quantitative estimate of drug-likeness (QED) is 0.857. The van der Waals surface area contributed by atoms with E-state index in [9.17, 15) is 4.79 Å². The van der Waals surface area contributed by atoms with Crippen molar-refractivity contribution in [1.82, 2.24) is 9.55 Å². The van der Waals surface area contributed by atoms with Crippen molar-refractivity contribution in [2.45, 2.75) is 12.5 Å². The lowest BCUT2D eigenvalue weighted by molar-refractivity contribution is 0.691. The van der Waals surface area contributed by atoms with Crippen LogP contribution in [0.25, 0.3) is 0 Å². The van der Waals surface area contributed by atoms with Gasteiger partial charge in [-0.25, -0.2) is 4.98 Å². The lowest BCUT2D eigenvalue weighted by Gasteiger charge is -2.27. The maximum atomic E-state index is 12.2. The first-order valence-corrected chi connectivity index (χ1v) is 7.59. The molecule has 1 aromatic heterocycles. The predicted molar refractivity (Wildman–Crippen MR) is 89.7 cm³/mol. The van der Waals surface area contributed by atoms with E-state index in [1.807, 2.05) is 30.1 Å². The van der Waals surface area contributed by atoms with E-state index in [4.69, 9.17) is 5.26 Å².